The molecule has 3 aromatic rings. The summed E-state index contributed by atoms with van der Waals surface area (Å²) in [6.45, 7) is 4.14. The average molecular weight is 431 g/mol. The predicted octanol–water partition coefficient (Wildman–Crippen LogP) is 4.75. The quantitative estimate of drug-likeness (QED) is 0.278. The van der Waals surface area contributed by atoms with Gasteiger partial charge in [-0.1, -0.05) is 30.3 Å². The predicted molar refractivity (Wildman–Crippen MR) is 113 cm³/mol. The molecule has 0 radical (unpaired) electrons. The molecule has 1 N–H and O–H groups in total. The second kappa shape index (κ2) is 9.67. The fraction of sp³-hybridized carbons (Fsp3) is 0.250. The van der Waals surface area contributed by atoms with E-state index in [0.29, 0.717) is 12.1 Å². The van der Waals surface area contributed by atoms with E-state index >= 15 is 0 Å². The first-order valence-corrected chi connectivity index (χ1v) is 10.9. The van der Waals surface area contributed by atoms with Gasteiger partial charge in [-0.2, -0.15) is 4.98 Å². The van der Waals surface area contributed by atoms with Crippen LogP contribution in [0.3, 0.4) is 0 Å². The molecule has 0 amide bonds. The maximum Gasteiger partial charge on any atom is 0.385 e. The average Bonchev–Trinajstić information content (AvgIpc) is 3.18. The largest absolute Gasteiger partial charge is 0.420 e. The molecule has 0 aliphatic carbocycles. The molecule has 2 aromatic carbocycles. The molecule has 0 atom stereocenters. The Morgan fingerprint density at radius 3 is 2.27 bits per heavy atom. The zero-order valence-electron chi connectivity index (χ0n) is 16.6. The maximum absolute atomic E-state index is 13.3. The molecule has 1 aromatic heterocycles. The number of nitrogens with one attached hydrogen (secondary N) is 1. The smallest absolute Gasteiger partial charge is 0.385 e. The van der Waals surface area contributed by atoms with Crippen molar-refractivity contribution in [2.45, 2.75) is 20.4 Å². The van der Waals surface area contributed by atoms with Gasteiger partial charge in [0, 0.05) is 24.2 Å². The standard InChI is InChI=1S/C20H22N3O6P/c1-3-27-30(26,28-4-2)20-19(21-14-15-8-6-5-7-9-15)29-18(22-20)16-10-12-17(13-11-16)23(24)25/h5-13,21H,3-4,14H2,1-2H3. The van der Waals surface area contributed by atoms with Gasteiger partial charge in [-0.25, -0.2) is 0 Å². The summed E-state index contributed by atoms with van der Waals surface area (Å²) >= 11 is 0. The van der Waals surface area contributed by atoms with Gasteiger partial charge in [0.05, 0.1) is 18.1 Å². The van der Waals surface area contributed by atoms with E-state index in [1.54, 1.807) is 13.8 Å². The van der Waals surface area contributed by atoms with Crippen LogP contribution in [0.15, 0.2) is 59.0 Å². The van der Waals surface area contributed by atoms with Gasteiger partial charge in [0.15, 0.2) is 0 Å². The number of anilines is 1. The number of oxazole rings is 1. The Morgan fingerprint density at radius 1 is 1.07 bits per heavy atom. The Hall–Kier alpha value is -3.00. The Balaban J connectivity index is 1.99. The molecule has 0 unspecified atom stereocenters. The fourth-order valence-electron chi connectivity index (χ4n) is 2.74. The molecule has 0 saturated heterocycles. The Labute approximate surface area is 173 Å². The first-order valence-electron chi connectivity index (χ1n) is 9.40. The van der Waals surface area contributed by atoms with Crippen molar-refractivity contribution in [1.29, 1.82) is 0 Å². The third kappa shape index (κ3) is 4.94. The van der Waals surface area contributed by atoms with Crippen LogP contribution in [0.5, 0.6) is 0 Å². The van der Waals surface area contributed by atoms with Crippen LogP contribution >= 0.6 is 7.60 Å². The number of nitro groups is 1. The lowest BCUT2D eigenvalue weighted by atomic mass is 10.2. The van der Waals surface area contributed by atoms with Crippen molar-refractivity contribution in [2.24, 2.45) is 0 Å². The number of benzene rings is 2. The second-order valence-corrected chi connectivity index (χ2v) is 8.08. The Bertz CT molecular complexity index is 1030. The SMILES string of the molecule is CCOP(=O)(OCC)c1nc(-c2ccc([N+](=O)[O-])cc2)oc1NCc1ccccc1. The van der Waals surface area contributed by atoms with E-state index in [-0.39, 0.29) is 36.1 Å². The highest BCUT2D eigenvalue weighted by atomic mass is 31.2. The van der Waals surface area contributed by atoms with E-state index in [1.807, 2.05) is 30.3 Å². The molecule has 0 fully saturated rings. The molecular weight excluding hydrogens is 409 g/mol. The Kier molecular flexibility index (Phi) is 6.99. The van der Waals surface area contributed by atoms with Crippen LogP contribution in [0.25, 0.3) is 11.5 Å². The summed E-state index contributed by atoms with van der Waals surface area (Å²) in [7, 11) is -3.73. The number of nitro benzene ring substituents is 1. The number of non-ortho nitro benzene ring substituents is 1. The minimum absolute atomic E-state index is 0.0375. The van der Waals surface area contributed by atoms with E-state index in [4.69, 9.17) is 13.5 Å². The van der Waals surface area contributed by atoms with Crippen molar-refractivity contribution < 1.29 is 23.0 Å². The summed E-state index contributed by atoms with van der Waals surface area (Å²) in [5, 5.41) is 14.0. The van der Waals surface area contributed by atoms with Crippen molar-refractivity contribution in [3.63, 3.8) is 0 Å². The summed E-state index contributed by atoms with van der Waals surface area (Å²) in [4.78, 5) is 14.8. The van der Waals surface area contributed by atoms with Crippen molar-refractivity contribution in [2.75, 3.05) is 18.5 Å². The van der Waals surface area contributed by atoms with Crippen LogP contribution in [0.2, 0.25) is 0 Å². The van der Waals surface area contributed by atoms with E-state index in [1.165, 1.54) is 24.3 Å². The normalized spacial score (nSPS) is 11.4. The lowest BCUT2D eigenvalue weighted by Crippen LogP contribution is -2.16. The molecule has 0 aliphatic heterocycles. The highest BCUT2D eigenvalue weighted by Crippen LogP contribution is 2.49. The summed E-state index contributed by atoms with van der Waals surface area (Å²) in [6.07, 6.45) is 0. The lowest BCUT2D eigenvalue weighted by molar-refractivity contribution is -0.384. The summed E-state index contributed by atoms with van der Waals surface area (Å²) in [5.41, 5.74) is 1.46. The topological polar surface area (TPSA) is 117 Å². The first-order chi connectivity index (χ1) is 14.5. The number of nitrogens with zero attached hydrogens (tertiary/aromatic N) is 2. The van der Waals surface area contributed by atoms with Crippen LogP contribution < -0.4 is 10.8 Å². The third-order valence-electron chi connectivity index (χ3n) is 4.09. The van der Waals surface area contributed by atoms with Crippen LogP contribution in [0, 0.1) is 10.1 Å². The zero-order chi connectivity index (χ0) is 21.6. The highest BCUT2D eigenvalue weighted by Gasteiger charge is 2.35. The van der Waals surface area contributed by atoms with E-state index in [2.05, 4.69) is 10.3 Å². The summed E-state index contributed by atoms with van der Waals surface area (Å²) < 4.78 is 30.0. The molecular formula is C20H22N3O6P. The van der Waals surface area contributed by atoms with Crippen LogP contribution in [-0.2, 0) is 20.2 Å². The number of hydrogen-bond donors (Lipinski definition) is 1. The van der Waals surface area contributed by atoms with Crippen LogP contribution in [-0.4, -0.2) is 23.1 Å². The third-order valence-corrected chi connectivity index (χ3v) is 6.11. The molecule has 1 heterocycles. The zero-order valence-corrected chi connectivity index (χ0v) is 17.5. The molecule has 0 aliphatic rings. The van der Waals surface area contributed by atoms with Gasteiger partial charge < -0.3 is 18.8 Å². The highest BCUT2D eigenvalue weighted by molar-refractivity contribution is 7.62. The number of hydrogen-bond acceptors (Lipinski definition) is 8. The molecule has 9 nitrogen and oxygen atoms in total. The number of rotatable bonds is 10. The Morgan fingerprint density at radius 2 is 1.70 bits per heavy atom. The monoisotopic (exact) mass is 431 g/mol. The van der Waals surface area contributed by atoms with Crippen molar-refractivity contribution in [3.8, 4) is 11.5 Å². The second-order valence-electron chi connectivity index (χ2n) is 6.15. The molecule has 158 valence electrons. The lowest BCUT2D eigenvalue weighted by Gasteiger charge is -2.15. The van der Waals surface area contributed by atoms with Gasteiger partial charge in [0.25, 0.3) is 5.69 Å². The fourth-order valence-corrected chi connectivity index (χ4v) is 4.33. The van der Waals surface area contributed by atoms with Gasteiger partial charge >= 0.3 is 7.60 Å². The number of aromatic nitrogens is 1. The minimum Gasteiger partial charge on any atom is -0.420 e. The van der Waals surface area contributed by atoms with Gasteiger partial charge in [-0.15, -0.1) is 0 Å². The van der Waals surface area contributed by atoms with Crippen molar-refractivity contribution >= 4 is 24.6 Å². The van der Waals surface area contributed by atoms with Crippen molar-refractivity contribution in [3.05, 3.63) is 70.3 Å². The van der Waals surface area contributed by atoms with Gasteiger partial charge in [0.2, 0.25) is 17.2 Å². The van der Waals surface area contributed by atoms with E-state index in [9.17, 15) is 14.7 Å². The molecule has 30 heavy (non-hydrogen) atoms. The van der Waals surface area contributed by atoms with E-state index < -0.39 is 12.5 Å². The maximum atomic E-state index is 13.3. The van der Waals surface area contributed by atoms with Gasteiger partial charge in [-0.05, 0) is 31.5 Å². The van der Waals surface area contributed by atoms with Crippen LogP contribution in [0.1, 0.15) is 19.4 Å². The summed E-state index contributed by atoms with van der Waals surface area (Å²) in [6, 6.07) is 15.3. The molecule has 3 rings (SSSR count). The first kappa shape index (κ1) is 21.7. The van der Waals surface area contributed by atoms with Crippen LogP contribution in [0.4, 0.5) is 11.6 Å². The van der Waals surface area contributed by atoms with Gasteiger partial charge in [-0.3, -0.25) is 14.7 Å². The van der Waals surface area contributed by atoms with Crippen molar-refractivity contribution in [1.82, 2.24) is 4.98 Å². The van der Waals surface area contributed by atoms with Gasteiger partial charge in [0.1, 0.15) is 0 Å². The molecule has 0 bridgehead atoms. The minimum atomic E-state index is -3.73. The summed E-state index contributed by atoms with van der Waals surface area (Å²) in [5.74, 6) is 0.313. The van der Waals surface area contributed by atoms with E-state index in [0.717, 1.165) is 5.56 Å². The molecule has 0 spiro atoms. The molecule has 10 heteroatoms. The molecule has 0 saturated carbocycles.